The number of nitrogens with zero attached hydrogens (tertiary/aromatic N) is 2. The number of imide groups is 1. The van der Waals surface area contributed by atoms with Crippen molar-refractivity contribution in [2.75, 3.05) is 10.2 Å². The molecule has 4 aromatic rings. The quantitative estimate of drug-likeness (QED) is 0.103. The molecule has 2 fully saturated rings. The lowest BCUT2D eigenvalue weighted by atomic mass is 9.58. The number of benzene rings is 3. The van der Waals surface area contributed by atoms with E-state index in [0.29, 0.717) is 30.7 Å². The first-order valence-corrected chi connectivity index (χ1v) is 16.9. The molecule has 0 unspecified atom stereocenters. The van der Waals surface area contributed by atoms with Crippen molar-refractivity contribution < 1.29 is 24.4 Å². The van der Waals surface area contributed by atoms with Gasteiger partial charge in [-0.1, -0.05) is 29.8 Å². The first-order valence-electron chi connectivity index (χ1n) is 16.9. The van der Waals surface area contributed by atoms with Gasteiger partial charge in [-0.3, -0.25) is 19.5 Å². The van der Waals surface area contributed by atoms with Crippen molar-refractivity contribution in [2.45, 2.75) is 52.5 Å². The van der Waals surface area contributed by atoms with Crippen molar-refractivity contribution in [3.8, 4) is 5.75 Å². The van der Waals surface area contributed by atoms with Crippen LogP contribution < -0.4 is 10.2 Å². The van der Waals surface area contributed by atoms with Crippen LogP contribution in [-0.2, 0) is 14.2 Å². The molecule has 4 atom stereocenters. The summed E-state index contributed by atoms with van der Waals surface area (Å²) in [5, 5.41) is 24.7. The van der Waals surface area contributed by atoms with E-state index in [-0.39, 0.29) is 24.1 Å². The number of carbonyl (C=O) groups excluding carboxylic acids is 2. The monoisotopic (exact) mass is 653 g/mol. The van der Waals surface area contributed by atoms with E-state index in [1.54, 1.807) is 6.20 Å². The SMILES string of the molecule is CC1=C2[C@@H](CC/C(=C/c3cc(C)c(O)c(C)c3)c3ccccn3)OB(O)C[C@@H]2[C@@H]2C(=O)N(c3ccc(Nc4ccccc4)cc3)C(=O)[C@@H]2C1. The van der Waals surface area contributed by atoms with Gasteiger partial charge in [-0.25, -0.2) is 0 Å². The summed E-state index contributed by atoms with van der Waals surface area (Å²) in [7, 11) is -1.05. The number of aryl methyl sites for hydroxylation is 2. The van der Waals surface area contributed by atoms with Gasteiger partial charge in [-0.05, 0) is 147 Å². The van der Waals surface area contributed by atoms with Gasteiger partial charge in [0.2, 0.25) is 11.8 Å². The lowest BCUT2D eigenvalue weighted by molar-refractivity contribution is -0.122. The molecule has 248 valence electrons. The molecule has 49 heavy (non-hydrogen) atoms. The molecule has 8 nitrogen and oxygen atoms in total. The van der Waals surface area contributed by atoms with Crippen LogP contribution in [0.3, 0.4) is 0 Å². The molecule has 0 bridgehead atoms. The minimum absolute atomic E-state index is 0.186. The Morgan fingerprint density at radius 1 is 0.939 bits per heavy atom. The van der Waals surface area contributed by atoms with Crippen LogP contribution in [0.15, 0.2) is 102 Å². The van der Waals surface area contributed by atoms with Gasteiger partial charge in [0.15, 0.2) is 0 Å². The zero-order chi connectivity index (χ0) is 34.2. The van der Waals surface area contributed by atoms with E-state index >= 15 is 0 Å². The number of aromatic hydroxyl groups is 1. The Morgan fingerprint density at radius 2 is 1.63 bits per heavy atom. The number of carbonyl (C=O) groups is 2. The molecule has 1 aliphatic carbocycles. The molecule has 7 rings (SSSR count). The first kappa shape index (κ1) is 32.6. The summed E-state index contributed by atoms with van der Waals surface area (Å²) in [4.78, 5) is 34.0. The Balaban J connectivity index is 1.13. The molecule has 2 aliphatic heterocycles. The van der Waals surface area contributed by atoms with Crippen LogP contribution in [0.1, 0.15) is 48.6 Å². The Hall–Kier alpha value is -4.99. The van der Waals surface area contributed by atoms with E-state index in [2.05, 4.69) is 16.4 Å². The van der Waals surface area contributed by atoms with Crippen molar-refractivity contribution in [1.29, 1.82) is 0 Å². The van der Waals surface area contributed by atoms with Crippen LogP contribution in [0.2, 0.25) is 6.32 Å². The minimum atomic E-state index is -1.05. The molecule has 0 saturated carbocycles. The summed E-state index contributed by atoms with van der Waals surface area (Å²) in [6.07, 6.45) is 5.37. The van der Waals surface area contributed by atoms with Gasteiger partial charge >= 0.3 is 7.12 Å². The number of fused-ring (bicyclic) bond motifs is 3. The highest BCUT2D eigenvalue weighted by atomic mass is 16.5. The maximum atomic E-state index is 14.1. The number of hydrogen-bond donors (Lipinski definition) is 3. The molecule has 3 N–H and O–H groups in total. The Kier molecular flexibility index (Phi) is 8.97. The fourth-order valence-electron chi connectivity index (χ4n) is 7.94. The Morgan fingerprint density at radius 3 is 2.33 bits per heavy atom. The van der Waals surface area contributed by atoms with Crippen molar-refractivity contribution in [3.63, 3.8) is 0 Å². The van der Waals surface area contributed by atoms with Crippen LogP contribution >= 0.6 is 0 Å². The van der Waals surface area contributed by atoms with E-state index < -0.39 is 25.1 Å². The second kappa shape index (κ2) is 13.5. The summed E-state index contributed by atoms with van der Waals surface area (Å²) in [5.74, 6) is -1.43. The number of anilines is 3. The fraction of sp³-hybridized carbons (Fsp3) is 0.275. The smallest absolute Gasteiger partial charge is 0.455 e. The molecule has 1 aromatic heterocycles. The van der Waals surface area contributed by atoms with Gasteiger partial charge in [-0.15, -0.1) is 0 Å². The van der Waals surface area contributed by atoms with E-state index in [1.165, 1.54) is 4.90 Å². The number of allylic oxidation sites excluding steroid dienone is 2. The fourth-order valence-corrected chi connectivity index (χ4v) is 7.94. The molecule has 3 heterocycles. The molecule has 3 aliphatic rings. The van der Waals surface area contributed by atoms with Gasteiger partial charge < -0.3 is 20.1 Å². The first-order chi connectivity index (χ1) is 23.7. The molecule has 0 spiro atoms. The Labute approximate surface area is 287 Å². The third-order valence-electron chi connectivity index (χ3n) is 10.2. The lowest BCUT2D eigenvalue weighted by Gasteiger charge is -2.42. The van der Waals surface area contributed by atoms with E-state index in [4.69, 9.17) is 4.65 Å². The van der Waals surface area contributed by atoms with Crippen molar-refractivity contribution >= 4 is 47.6 Å². The average Bonchev–Trinajstić information content (AvgIpc) is 3.35. The highest BCUT2D eigenvalue weighted by molar-refractivity contribution is 6.43. The second-order valence-corrected chi connectivity index (χ2v) is 13.5. The van der Waals surface area contributed by atoms with E-state index in [1.807, 2.05) is 106 Å². The van der Waals surface area contributed by atoms with Gasteiger partial charge in [-0.2, -0.15) is 0 Å². The van der Waals surface area contributed by atoms with Gasteiger partial charge in [0.25, 0.3) is 0 Å². The number of phenols is 1. The second-order valence-electron chi connectivity index (χ2n) is 13.5. The number of rotatable bonds is 8. The number of pyridine rings is 1. The summed E-state index contributed by atoms with van der Waals surface area (Å²) in [6.45, 7) is 5.81. The maximum absolute atomic E-state index is 14.1. The summed E-state index contributed by atoms with van der Waals surface area (Å²) < 4.78 is 6.20. The Bertz CT molecular complexity index is 1920. The maximum Gasteiger partial charge on any atom is 0.455 e. The van der Waals surface area contributed by atoms with Gasteiger partial charge in [0.1, 0.15) is 5.75 Å². The molecular formula is C40H40BN3O5. The third kappa shape index (κ3) is 6.44. The lowest BCUT2D eigenvalue weighted by Crippen LogP contribution is -2.46. The molecule has 0 radical (unpaired) electrons. The predicted octanol–water partition coefficient (Wildman–Crippen LogP) is 7.49. The van der Waals surface area contributed by atoms with Crippen LogP contribution in [0.4, 0.5) is 17.1 Å². The standard InChI is InChI=1S/C40H40BN3O5/c1-24-21-32-37(40(47)44(39(32)46)31-15-13-30(14-16-31)43-29-9-5-4-6-10-29)33-23-41(48)49-35(36(24)33)17-12-28(34-11-7-8-18-42-34)22-27-19-25(2)38(45)26(3)20-27/h4-11,13-16,18-20,22,32-33,35,37,43,45,48H,12,17,21,23H2,1-3H3/b28-22-/t32-,33+,35-,37-/m1/s1. The van der Waals surface area contributed by atoms with Crippen molar-refractivity contribution in [3.05, 3.63) is 125 Å². The molecule has 3 aromatic carbocycles. The molecule has 9 heteroatoms. The topological polar surface area (TPSA) is 112 Å². The zero-order valence-corrected chi connectivity index (χ0v) is 28.0. The summed E-state index contributed by atoms with van der Waals surface area (Å²) >= 11 is 0. The van der Waals surface area contributed by atoms with Crippen molar-refractivity contribution in [2.24, 2.45) is 17.8 Å². The number of aromatic nitrogens is 1. The minimum Gasteiger partial charge on any atom is -0.507 e. The molecule has 2 saturated heterocycles. The van der Waals surface area contributed by atoms with E-state index in [0.717, 1.165) is 50.5 Å². The molecular weight excluding hydrogens is 613 g/mol. The van der Waals surface area contributed by atoms with Crippen LogP contribution in [-0.4, -0.2) is 40.2 Å². The number of amides is 2. The molecule has 2 amide bonds. The van der Waals surface area contributed by atoms with E-state index in [9.17, 15) is 19.7 Å². The number of phenolic OH excluding ortho intramolecular Hbond substituents is 1. The van der Waals surface area contributed by atoms with Gasteiger partial charge in [0.05, 0.1) is 29.3 Å². The van der Waals surface area contributed by atoms with Crippen molar-refractivity contribution in [1.82, 2.24) is 4.98 Å². The number of para-hydroxylation sites is 1. The third-order valence-corrected chi connectivity index (χ3v) is 10.2. The summed E-state index contributed by atoms with van der Waals surface area (Å²) in [6, 6.07) is 26.9. The predicted molar refractivity (Wildman–Crippen MR) is 193 cm³/mol. The highest BCUT2D eigenvalue weighted by Gasteiger charge is 2.57. The van der Waals surface area contributed by atoms with Gasteiger partial charge in [0, 0.05) is 17.6 Å². The zero-order valence-electron chi connectivity index (χ0n) is 28.0. The average molecular weight is 654 g/mol. The van der Waals surface area contributed by atoms with Crippen LogP contribution in [0.5, 0.6) is 5.75 Å². The number of nitrogens with one attached hydrogen (secondary N) is 1. The largest absolute Gasteiger partial charge is 0.507 e. The normalized spacial score (nSPS) is 22.3. The summed E-state index contributed by atoms with van der Waals surface area (Å²) in [5.41, 5.74) is 8.86. The highest BCUT2D eigenvalue weighted by Crippen LogP contribution is 2.51. The van der Waals surface area contributed by atoms with Crippen LogP contribution in [0.25, 0.3) is 11.6 Å². The van der Waals surface area contributed by atoms with Crippen LogP contribution in [0, 0.1) is 31.6 Å². The number of hydrogen-bond acceptors (Lipinski definition) is 7.